The number of rotatable bonds is 4. The zero-order valence-electron chi connectivity index (χ0n) is 12.4. The number of carbonyl (C=O) groups excluding carboxylic acids is 1. The lowest BCUT2D eigenvalue weighted by atomic mass is 10.1. The second-order valence-electron chi connectivity index (χ2n) is 5.99. The van der Waals surface area contributed by atoms with E-state index in [-0.39, 0.29) is 5.78 Å². The van der Waals surface area contributed by atoms with Gasteiger partial charge in [0.05, 0.1) is 6.54 Å². The van der Waals surface area contributed by atoms with Gasteiger partial charge in [0.1, 0.15) is 0 Å². The fourth-order valence-electron chi connectivity index (χ4n) is 2.88. The fraction of sp³-hybridized carbons (Fsp3) is 0.562. The molecule has 0 aromatic heterocycles. The predicted octanol–water partition coefficient (Wildman–Crippen LogP) is 2.06. The molecule has 0 radical (unpaired) electrons. The monoisotopic (exact) mass is 260 g/mol. The molecular weight excluding hydrogens is 236 g/mol. The molecule has 1 fully saturated rings. The molecule has 0 bridgehead atoms. The van der Waals surface area contributed by atoms with Crippen molar-refractivity contribution >= 4 is 5.78 Å². The van der Waals surface area contributed by atoms with E-state index >= 15 is 0 Å². The van der Waals surface area contributed by atoms with Crippen molar-refractivity contribution in [3.8, 4) is 0 Å². The van der Waals surface area contributed by atoms with Gasteiger partial charge in [0.15, 0.2) is 5.78 Å². The smallest absolute Gasteiger partial charge is 0.176 e. The van der Waals surface area contributed by atoms with Gasteiger partial charge in [0, 0.05) is 24.7 Å². The molecule has 3 heteroatoms. The van der Waals surface area contributed by atoms with Crippen LogP contribution in [-0.2, 0) is 0 Å². The summed E-state index contributed by atoms with van der Waals surface area (Å²) in [5, 5.41) is 0. The third-order valence-electron chi connectivity index (χ3n) is 4.05. The molecule has 1 aromatic rings. The minimum atomic E-state index is 0.228. The van der Waals surface area contributed by atoms with Crippen molar-refractivity contribution in [2.45, 2.75) is 19.9 Å². The highest BCUT2D eigenvalue weighted by Gasteiger charge is 2.31. The molecule has 0 amide bonds. The molecule has 3 nitrogen and oxygen atoms in total. The van der Waals surface area contributed by atoms with Gasteiger partial charge in [-0.15, -0.1) is 0 Å². The molecule has 2 rings (SSSR count). The Balaban J connectivity index is 1.95. The van der Waals surface area contributed by atoms with E-state index in [2.05, 4.69) is 30.8 Å². The lowest BCUT2D eigenvalue weighted by Crippen LogP contribution is -2.35. The van der Waals surface area contributed by atoms with Crippen LogP contribution in [0.4, 0.5) is 0 Å². The molecule has 0 spiro atoms. The Morgan fingerprint density at radius 2 is 1.89 bits per heavy atom. The van der Waals surface area contributed by atoms with Crippen LogP contribution in [-0.4, -0.2) is 55.4 Å². The normalized spacial score (nSPS) is 24.1. The zero-order valence-corrected chi connectivity index (χ0v) is 12.4. The summed E-state index contributed by atoms with van der Waals surface area (Å²) < 4.78 is 0. The first kappa shape index (κ1) is 14.2. The van der Waals surface area contributed by atoms with E-state index in [0.29, 0.717) is 18.5 Å². The van der Waals surface area contributed by atoms with Crippen LogP contribution in [0.3, 0.4) is 0 Å². The summed E-state index contributed by atoms with van der Waals surface area (Å²) in [6, 6.07) is 8.43. The van der Waals surface area contributed by atoms with Gasteiger partial charge in [-0.25, -0.2) is 0 Å². The summed E-state index contributed by atoms with van der Waals surface area (Å²) in [5.74, 6) is 0.854. The van der Waals surface area contributed by atoms with E-state index in [1.165, 1.54) is 5.56 Å². The van der Waals surface area contributed by atoms with Crippen molar-refractivity contribution in [1.82, 2.24) is 9.80 Å². The zero-order chi connectivity index (χ0) is 14.0. The van der Waals surface area contributed by atoms with Gasteiger partial charge in [0.2, 0.25) is 0 Å². The number of carbonyl (C=O) groups is 1. The van der Waals surface area contributed by atoms with Crippen molar-refractivity contribution in [1.29, 1.82) is 0 Å². The van der Waals surface area contributed by atoms with Crippen LogP contribution in [0.1, 0.15) is 22.8 Å². The van der Waals surface area contributed by atoms with Crippen molar-refractivity contribution in [3.05, 3.63) is 35.4 Å². The summed E-state index contributed by atoms with van der Waals surface area (Å²) in [7, 11) is 4.24. The SMILES string of the molecule is Cc1ccc(C(=O)CN2CC(C)C(N(C)C)C2)cc1. The molecule has 19 heavy (non-hydrogen) atoms. The van der Waals surface area contributed by atoms with E-state index in [4.69, 9.17) is 0 Å². The topological polar surface area (TPSA) is 23.6 Å². The fourth-order valence-corrected chi connectivity index (χ4v) is 2.88. The molecule has 1 aromatic carbocycles. The first-order chi connectivity index (χ1) is 8.97. The van der Waals surface area contributed by atoms with E-state index < -0.39 is 0 Å². The van der Waals surface area contributed by atoms with Crippen molar-refractivity contribution in [2.75, 3.05) is 33.7 Å². The average Bonchev–Trinajstić information content (AvgIpc) is 2.71. The number of benzene rings is 1. The standard InChI is InChI=1S/C16H24N2O/c1-12-5-7-14(8-6-12)16(19)11-18-9-13(2)15(10-18)17(3)4/h5-8,13,15H,9-11H2,1-4H3. The third-order valence-corrected chi connectivity index (χ3v) is 4.05. The number of nitrogens with zero attached hydrogens (tertiary/aromatic N) is 2. The van der Waals surface area contributed by atoms with Crippen molar-refractivity contribution in [3.63, 3.8) is 0 Å². The Labute approximate surface area is 116 Å². The summed E-state index contributed by atoms with van der Waals surface area (Å²) in [5.41, 5.74) is 2.02. The minimum Gasteiger partial charge on any atom is -0.305 e. The highest BCUT2D eigenvalue weighted by Crippen LogP contribution is 2.20. The van der Waals surface area contributed by atoms with Crippen molar-refractivity contribution < 1.29 is 4.79 Å². The van der Waals surface area contributed by atoms with Crippen LogP contribution >= 0.6 is 0 Å². The number of likely N-dealkylation sites (N-methyl/N-ethyl adjacent to an activating group) is 1. The summed E-state index contributed by atoms with van der Waals surface area (Å²) in [6.07, 6.45) is 0. The van der Waals surface area contributed by atoms with Crippen LogP contribution in [0.2, 0.25) is 0 Å². The lowest BCUT2D eigenvalue weighted by molar-refractivity contribution is 0.0941. The van der Waals surface area contributed by atoms with Gasteiger partial charge in [-0.05, 0) is 26.9 Å². The Hall–Kier alpha value is -1.19. The molecule has 0 saturated carbocycles. The summed E-state index contributed by atoms with van der Waals surface area (Å²) in [4.78, 5) is 16.8. The highest BCUT2D eigenvalue weighted by atomic mass is 16.1. The van der Waals surface area contributed by atoms with Crippen LogP contribution in [0, 0.1) is 12.8 Å². The number of hydrogen-bond acceptors (Lipinski definition) is 3. The average molecular weight is 260 g/mol. The molecule has 2 atom stereocenters. The summed E-state index contributed by atoms with van der Waals surface area (Å²) >= 11 is 0. The quantitative estimate of drug-likeness (QED) is 0.774. The molecule has 1 aliphatic heterocycles. The first-order valence-electron chi connectivity index (χ1n) is 6.96. The second-order valence-corrected chi connectivity index (χ2v) is 5.99. The molecule has 104 valence electrons. The third kappa shape index (κ3) is 3.43. The molecular formula is C16H24N2O. The van der Waals surface area contributed by atoms with Crippen molar-refractivity contribution in [2.24, 2.45) is 5.92 Å². The summed E-state index contributed by atoms with van der Waals surface area (Å²) in [6.45, 7) is 6.85. The van der Waals surface area contributed by atoms with Gasteiger partial charge in [-0.3, -0.25) is 9.69 Å². The van der Waals surface area contributed by atoms with Gasteiger partial charge >= 0.3 is 0 Å². The highest BCUT2D eigenvalue weighted by molar-refractivity contribution is 5.97. The maximum atomic E-state index is 12.2. The largest absolute Gasteiger partial charge is 0.305 e. The molecule has 0 N–H and O–H groups in total. The Bertz CT molecular complexity index is 439. The molecule has 2 unspecified atom stereocenters. The first-order valence-corrected chi connectivity index (χ1v) is 6.96. The predicted molar refractivity (Wildman–Crippen MR) is 78.6 cm³/mol. The lowest BCUT2D eigenvalue weighted by Gasteiger charge is -2.22. The Kier molecular flexibility index (Phi) is 4.38. The molecule has 1 aliphatic rings. The Morgan fingerprint density at radius 3 is 2.42 bits per heavy atom. The van der Waals surface area contributed by atoms with E-state index in [9.17, 15) is 4.79 Å². The van der Waals surface area contributed by atoms with Gasteiger partial charge < -0.3 is 4.90 Å². The van der Waals surface area contributed by atoms with Crippen LogP contribution < -0.4 is 0 Å². The Morgan fingerprint density at radius 1 is 1.26 bits per heavy atom. The van der Waals surface area contributed by atoms with Gasteiger partial charge in [-0.2, -0.15) is 0 Å². The maximum Gasteiger partial charge on any atom is 0.176 e. The number of hydrogen-bond donors (Lipinski definition) is 0. The van der Waals surface area contributed by atoms with Gasteiger partial charge in [-0.1, -0.05) is 36.8 Å². The van der Waals surface area contributed by atoms with Gasteiger partial charge in [0.25, 0.3) is 0 Å². The van der Waals surface area contributed by atoms with E-state index in [0.717, 1.165) is 18.7 Å². The molecule has 0 aliphatic carbocycles. The maximum absolute atomic E-state index is 12.2. The van der Waals surface area contributed by atoms with Crippen LogP contribution in [0.25, 0.3) is 0 Å². The second kappa shape index (κ2) is 5.85. The minimum absolute atomic E-state index is 0.228. The van der Waals surface area contributed by atoms with Crippen LogP contribution in [0.15, 0.2) is 24.3 Å². The van der Waals surface area contributed by atoms with E-state index in [1.54, 1.807) is 0 Å². The van der Waals surface area contributed by atoms with Crippen LogP contribution in [0.5, 0.6) is 0 Å². The number of likely N-dealkylation sites (tertiary alicyclic amines) is 1. The number of aryl methyl sites for hydroxylation is 1. The van der Waals surface area contributed by atoms with E-state index in [1.807, 2.05) is 31.2 Å². The molecule has 1 saturated heterocycles. The number of Topliss-reactive ketones (excluding diaryl/α,β-unsaturated/α-hetero) is 1. The molecule has 1 heterocycles. The number of ketones is 1.